The standard InChI is InChI=1S/C15H28N2O/c1-11(2)13(18)16(7)12-9-14(3,4)17(8)15(5,6)10-12/h12H,1,9-10H2,2-8H3. The molecule has 0 unspecified atom stereocenters. The third kappa shape index (κ3) is 2.77. The van der Waals surface area contributed by atoms with E-state index in [9.17, 15) is 4.79 Å². The third-order valence-electron chi connectivity index (χ3n) is 4.52. The highest BCUT2D eigenvalue weighted by molar-refractivity contribution is 5.92. The maximum Gasteiger partial charge on any atom is 0.248 e. The van der Waals surface area contributed by atoms with Crippen LogP contribution in [0, 0.1) is 0 Å². The van der Waals surface area contributed by atoms with Crippen LogP contribution in [0.25, 0.3) is 0 Å². The van der Waals surface area contributed by atoms with E-state index in [0.717, 1.165) is 12.8 Å². The predicted octanol–water partition coefficient (Wildman–Crippen LogP) is 2.67. The molecule has 1 aliphatic rings. The van der Waals surface area contributed by atoms with Crippen molar-refractivity contribution in [2.24, 2.45) is 0 Å². The summed E-state index contributed by atoms with van der Waals surface area (Å²) in [5, 5.41) is 0. The van der Waals surface area contributed by atoms with Crippen LogP contribution in [-0.4, -0.2) is 46.9 Å². The van der Waals surface area contributed by atoms with E-state index in [0.29, 0.717) is 5.57 Å². The zero-order chi connectivity index (χ0) is 14.3. The van der Waals surface area contributed by atoms with Gasteiger partial charge in [0.15, 0.2) is 0 Å². The molecule has 0 aliphatic carbocycles. The van der Waals surface area contributed by atoms with Crippen LogP contribution in [0.4, 0.5) is 0 Å². The van der Waals surface area contributed by atoms with Crippen molar-refractivity contribution in [3.63, 3.8) is 0 Å². The summed E-state index contributed by atoms with van der Waals surface area (Å²) < 4.78 is 0. The molecule has 0 bridgehead atoms. The average Bonchev–Trinajstić information content (AvgIpc) is 2.22. The summed E-state index contributed by atoms with van der Waals surface area (Å²) in [6, 6.07) is 0.287. The van der Waals surface area contributed by atoms with Crippen LogP contribution in [0.1, 0.15) is 47.5 Å². The summed E-state index contributed by atoms with van der Waals surface area (Å²) >= 11 is 0. The number of carbonyl (C=O) groups is 1. The number of carbonyl (C=O) groups excluding carboxylic acids is 1. The summed E-state index contributed by atoms with van der Waals surface area (Å²) in [4.78, 5) is 16.4. The minimum absolute atomic E-state index is 0.0659. The lowest BCUT2D eigenvalue weighted by Crippen LogP contribution is -2.62. The lowest BCUT2D eigenvalue weighted by atomic mass is 9.77. The van der Waals surface area contributed by atoms with E-state index >= 15 is 0 Å². The Bertz CT molecular complexity index is 340. The predicted molar refractivity (Wildman–Crippen MR) is 76.5 cm³/mol. The molecule has 18 heavy (non-hydrogen) atoms. The van der Waals surface area contributed by atoms with Crippen molar-refractivity contribution in [2.75, 3.05) is 14.1 Å². The highest BCUT2D eigenvalue weighted by Crippen LogP contribution is 2.38. The van der Waals surface area contributed by atoms with Crippen LogP contribution in [0.5, 0.6) is 0 Å². The van der Waals surface area contributed by atoms with Crippen LogP contribution < -0.4 is 0 Å². The SMILES string of the molecule is C=C(C)C(=O)N(C)C1CC(C)(C)N(C)C(C)(C)C1. The first-order valence-electron chi connectivity index (χ1n) is 6.65. The lowest BCUT2D eigenvalue weighted by Gasteiger charge is -2.55. The van der Waals surface area contributed by atoms with E-state index in [1.54, 1.807) is 6.92 Å². The second-order valence-corrected chi connectivity index (χ2v) is 6.94. The van der Waals surface area contributed by atoms with Gasteiger partial charge in [-0.25, -0.2) is 0 Å². The molecule has 1 heterocycles. The average molecular weight is 252 g/mol. The Balaban J connectivity index is 2.93. The topological polar surface area (TPSA) is 23.6 Å². The van der Waals surface area contributed by atoms with E-state index in [-0.39, 0.29) is 23.0 Å². The second-order valence-electron chi connectivity index (χ2n) is 6.94. The van der Waals surface area contributed by atoms with Gasteiger partial charge in [-0.05, 0) is 54.5 Å². The van der Waals surface area contributed by atoms with Gasteiger partial charge in [0.2, 0.25) is 5.91 Å². The number of amides is 1. The molecule has 3 heteroatoms. The molecule has 1 aliphatic heterocycles. The Morgan fingerprint density at radius 1 is 1.22 bits per heavy atom. The summed E-state index contributed by atoms with van der Waals surface area (Å²) in [6.45, 7) is 14.5. The van der Waals surface area contributed by atoms with Gasteiger partial charge >= 0.3 is 0 Å². The van der Waals surface area contributed by atoms with Crippen molar-refractivity contribution in [3.05, 3.63) is 12.2 Å². The highest BCUT2D eigenvalue weighted by atomic mass is 16.2. The molecule has 0 radical (unpaired) electrons. The van der Waals surface area contributed by atoms with Gasteiger partial charge in [-0.3, -0.25) is 9.69 Å². The van der Waals surface area contributed by atoms with Crippen LogP contribution in [0.3, 0.4) is 0 Å². The molecule has 1 rings (SSSR count). The van der Waals surface area contributed by atoms with Gasteiger partial charge in [0.25, 0.3) is 0 Å². The largest absolute Gasteiger partial charge is 0.339 e. The van der Waals surface area contributed by atoms with Crippen molar-refractivity contribution in [1.29, 1.82) is 0 Å². The third-order valence-corrected chi connectivity index (χ3v) is 4.52. The van der Waals surface area contributed by atoms with Gasteiger partial charge in [0, 0.05) is 29.7 Å². The minimum atomic E-state index is 0.0659. The molecule has 3 nitrogen and oxygen atoms in total. The van der Waals surface area contributed by atoms with E-state index in [1.807, 2.05) is 11.9 Å². The molecule has 1 saturated heterocycles. The van der Waals surface area contributed by atoms with Crippen molar-refractivity contribution in [2.45, 2.75) is 64.6 Å². The van der Waals surface area contributed by atoms with Crippen LogP contribution in [0.2, 0.25) is 0 Å². The minimum Gasteiger partial charge on any atom is -0.339 e. The van der Waals surface area contributed by atoms with E-state index in [2.05, 4.69) is 46.2 Å². The van der Waals surface area contributed by atoms with Crippen molar-refractivity contribution in [1.82, 2.24) is 9.80 Å². The fourth-order valence-corrected chi connectivity index (χ4v) is 3.06. The van der Waals surface area contributed by atoms with Gasteiger partial charge in [-0.1, -0.05) is 6.58 Å². The zero-order valence-corrected chi connectivity index (χ0v) is 13.0. The molecular formula is C15H28N2O. The van der Waals surface area contributed by atoms with E-state index < -0.39 is 0 Å². The molecule has 1 amide bonds. The first kappa shape index (κ1) is 15.2. The number of likely N-dealkylation sites (N-methyl/N-ethyl adjacent to an activating group) is 1. The Labute approximate surface area is 112 Å². The van der Waals surface area contributed by atoms with E-state index in [1.165, 1.54) is 0 Å². The Morgan fingerprint density at radius 3 is 1.94 bits per heavy atom. The monoisotopic (exact) mass is 252 g/mol. The van der Waals surface area contributed by atoms with Gasteiger partial charge in [-0.2, -0.15) is 0 Å². The number of piperidine rings is 1. The molecule has 0 aromatic carbocycles. The summed E-state index contributed by atoms with van der Waals surface area (Å²) in [5.74, 6) is 0.0659. The fourth-order valence-electron chi connectivity index (χ4n) is 3.06. The maximum atomic E-state index is 12.1. The van der Waals surface area contributed by atoms with Crippen LogP contribution in [0.15, 0.2) is 12.2 Å². The van der Waals surface area contributed by atoms with Gasteiger partial charge < -0.3 is 4.90 Å². The number of rotatable bonds is 2. The molecular weight excluding hydrogens is 224 g/mol. The Hall–Kier alpha value is -0.830. The van der Waals surface area contributed by atoms with Crippen molar-refractivity contribution >= 4 is 5.91 Å². The first-order chi connectivity index (χ1) is 7.99. The molecule has 0 spiro atoms. The number of likely N-dealkylation sites (tertiary alicyclic amines) is 1. The van der Waals surface area contributed by atoms with Crippen molar-refractivity contribution < 1.29 is 4.79 Å². The van der Waals surface area contributed by atoms with E-state index in [4.69, 9.17) is 0 Å². The number of hydrogen-bond donors (Lipinski definition) is 0. The summed E-state index contributed by atoms with van der Waals surface area (Å²) in [6.07, 6.45) is 2.00. The Kier molecular flexibility index (Phi) is 3.97. The molecule has 0 aromatic rings. The Morgan fingerprint density at radius 2 is 1.61 bits per heavy atom. The maximum absolute atomic E-state index is 12.1. The molecule has 0 N–H and O–H groups in total. The van der Waals surface area contributed by atoms with Gasteiger partial charge in [0.1, 0.15) is 0 Å². The first-order valence-corrected chi connectivity index (χ1v) is 6.65. The lowest BCUT2D eigenvalue weighted by molar-refractivity contribution is -0.132. The quantitative estimate of drug-likeness (QED) is 0.705. The number of hydrogen-bond acceptors (Lipinski definition) is 2. The molecule has 1 fully saturated rings. The molecule has 0 saturated carbocycles. The molecule has 0 aromatic heterocycles. The normalized spacial score (nSPS) is 23.7. The summed E-state index contributed by atoms with van der Waals surface area (Å²) in [5.41, 5.74) is 0.832. The van der Waals surface area contributed by atoms with Gasteiger partial charge in [-0.15, -0.1) is 0 Å². The number of nitrogens with zero attached hydrogens (tertiary/aromatic N) is 2. The highest BCUT2D eigenvalue weighted by Gasteiger charge is 2.44. The smallest absolute Gasteiger partial charge is 0.248 e. The fraction of sp³-hybridized carbons (Fsp3) is 0.800. The summed E-state index contributed by atoms with van der Waals surface area (Å²) in [7, 11) is 4.08. The molecule has 0 atom stereocenters. The van der Waals surface area contributed by atoms with Crippen LogP contribution in [-0.2, 0) is 4.79 Å². The van der Waals surface area contributed by atoms with Gasteiger partial charge in [0.05, 0.1) is 0 Å². The van der Waals surface area contributed by atoms with Crippen molar-refractivity contribution in [3.8, 4) is 0 Å². The second kappa shape index (κ2) is 4.69. The van der Waals surface area contributed by atoms with Crippen LogP contribution >= 0.6 is 0 Å². The molecule has 104 valence electrons. The zero-order valence-electron chi connectivity index (χ0n) is 13.0.